The summed E-state index contributed by atoms with van der Waals surface area (Å²) in [7, 11) is -1.84. The Morgan fingerprint density at radius 3 is 2.48 bits per heavy atom. The largest absolute Gasteiger partial charge is 0.497 e. The summed E-state index contributed by atoms with van der Waals surface area (Å²) < 4.78 is 104. The van der Waals surface area contributed by atoms with Crippen LogP contribution in [-0.4, -0.2) is 70.0 Å². The highest BCUT2D eigenvalue weighted by Gasteiger charge is 2.36. The number of rotatable bonds is 7. The van der Waals surface area contributed by atoms with Crippen LogP contribution in [0.2, 0.25) is 0 Å². The fourth-order valence-electron chi connectivity index (χ4n) is 5.53. The quantitative estimate of drug-likeness (QED) is 0.334. The van der Waals surface area contributed by atoms with E-state index in [9.17, 15) is 35.2 Å². The molecular formula is C30H36F5N3O5S. The molecule has 4 atom stereocenters. The minimum atomic E-state index is -4.70. The number of fused-ring (bicyclic) bond motifs is 5. The Labute approximate surface area is 253 Å². The maximum atomic E-state index is 14.0. The molecule has 242 valence electrons. The number of ether oxygens (including phenoxy) is 2. The molecule has 8 nitrogen and oxygen atoms in total. The van der Waals surface area contributed by atoms with Crippen molar-refractivity contribution in [3.8, 4) is 5.75 Å². The fourth-order valence-corrected chi connectivity index (χ4v) is 6.88. The molecule has 2 N–H and O–H groups in total. The molecule has 1 aliphatic heterocycles. The SMILES string of the molecule is COc1ccc2c(c1)C1CC2OC/C=C/CC(N(C)S(=O)(=O)CCC(F)(F)F)C(=O)NC(Cc2cc(F)cc(F)c2)CCN1. The lowest BCUT2D eigenvalue weighted by atomic mass is 10.0. The maximum Gasteiger partial charge on any atom is 0.390 e. The average molecular weight is 646 g/mol. The molecule has 4 rings (SSSR count). The lowest BCUT2D eigenvalue weighted by Gasteiger charge is -2.29. The van der Waals surface area contributed by atoms with Crippen molar-refractivity contribution in [2.24, 2.45) is 0 Å². The first-order valence-electron chi connectivity index (χ1n) is 14.2. The van der Waals surface area contributed by atoms with E-state index < -0.39 is 58.0 Å². The Kier molecular flexibility index (Phi) is 11.0. The fraction of sp³-hybridized carbons (Fsp3) is 0.500. The van der Waals surface area contributed by atoms with Gasteiger partial charge in [0.05, 0.1) is 32.0 Å². The van der Waals surface area contributed by atoms with Gasteiger partial charge in [-0.3, -0.25) is 4.79 Å². The van der Waals surface area contributed by atoms with Crippen LogP contribution in [0.3, 0.4) is 0 Å². The molecule has 2 aromatic rings. The van der Waals surface area contributed by atoms with Crippen LogP contribution in [0.5, 0.6) is 5.75 Å². The monoisotopic (exact) mass is 645 g/mol. The number of sulfonamides is 1. The Balaban J connectivity index is 1.62. The van der Waals surface area contributed by atoms with Gasteiger partial charge in [0.25, 0.3) is 0 Å². The topological polar surface area (TPSA) is 97.0 Å². The molecule has 14 heteroatoms. The number of hydrogen-bond donors (Lipinski definition) is 2. The smallest absolute Gasteiger partial charge is 0.390 e. The van der Waals surface area contributed by atoms with Crippen molar-refractivity contribution in [1.29, 1.82) is 0 Å². The third-order valence-electron chi connectivity index (χ3n) is 7.84. The molecule has 1 amide bonds. The second kappa shape index (κ2) is 14.4. The molecule has 0 aromatic heterocycles. The molecule has 2 bridgehead atoms. The number of benzene rings is 2. The van der Waals surface area contributed by atoms with E-state index in [4.69, 9.17) is 9.47 Å². The highest BCUT2D eigenvalue weighted by molar-refractivity contribution is 7.89. The number of nitrogens with zero attached hydrogens (tertiary/aromatic N) is 1. The van der Waals surface area contributed by atoms with Crippen LogP contribution >= 0.6 is 0 Å². The third kappa shape index (κ3) is 8.99. The van der Waals surface area contributed by atoms with E-state index in [-0.39, 0.29) is 43.6 Å². The van der Waals surface area contributed by atoms with Gasteiger partial charge in [-0.25, -0.2) is 17.2 Å². The molecule has 0 saturated heterocycles. The van der Waals surface area contributed by atoms with Gasteiger partial charge in [0.1, 0.15) is 23.4 Å². The number of alkyl halides is 3. The zero-order valence-corrected chi connectivity index (χ0v) is 25.2. The zero-order chi connectivity index (χ0) is 32.1. The molecule has 2 aliphatic rings. The summed E-state index contributed by atoms with van der Waals surface area (Å²) in [4.78, 5) is 13.6. The molecular weight excluding hydrogens is 609 g/mol. The summed E-state index contributed by atoms with van der Waals surface area (Å²) in [6.45, 7) is 0.509. The molecule has 4 unspecified atom stereocenters. The molecule has 44 heavy (non-hydrogen) atoms. The number of carbonyl (C=O) groups excluding carboxylic acids is 1. The van der Waals surface area contributed by atoms with Gasteiger partial charge >= 0.3 is 6.18 Å². The minimum absolute atomic E-state index is 0.0238. The van der Waals surface area contributed by atoms with E-state index in [2.05, 4.69) is 10.6 Å². The van der Waals surface area contributed by atoms with Gasteiger partial charge in [-0.1, -0.05) is 18.2 Å². The summed E-state index contributed by atoms with van der Waals surface area (Å²) in [6.07, 6.45) is -2.54. The number of methoxy groups -OCH3 is 1. The lowest BCUT2D eigenvalue weighted by molar-refractivity contribution is -0.130. The van der Waals surface area contributed by atoms with Crippen LogP contribution in [0.4, 0.5) is 22.0 Å². The zero-order valence-electron chi connectivity index (χ0n) is 24.4. The molecule has 2 aromatic carbocycles. The van der Waals surface area contributed by atoms with Crippen LogP contribution < -0.4 is 15.4 Å². The summed E-state index contributed by atoms with van der Waals surface area (Å²) in [6, 6.07) is 6.55. The van der Waals surface area contributed by atoms with E-state index in [0.29, 0.717) is 23.0 Å². The Morgan fingerprint density at radius 2 is 1.80 bits per heavy atom. The Morgan fingerprint density at radius 1 is 1.07 bits per heavy atom. The summed E-state index contributed by atoms with van der Waals surface area (Å²) in [5.74, 6) is -2.86. The number of halogens is 5. The Bertz CT molecular complexity index is 1430. The van der Waals surface area contributed by atoms with Gasteiger partial charge in [0.15, 0.2) is 0 Å². The summed E-state index contributed by atoms with van der Waals surface area (Å²) in [5.41, 5.74) is 2.26. The molecule has 1 aliphatic carbocycles. The van der Waals surface area contributed by atoms with Crippen LogP contribution in [-0.2, 0) is 26.0 Å². The third-order valence-corrected chi connectivity index (χ3v) is 9.70. The summed E-state index contributed by atoms with van der Waals surface area (Å²) in [5, 5.41) is 6.26. The first kappa shape index (κ1) is 33.8. The first-order valence-corrected chi connectivity index (χ1v) is 15.8. The van der Waals surface area contributed by atoms with Gasteiger partial charge in [-0.15, -0.1) is 0 Å². The van der Waals surface area contributed by atoms with E-state index >= 15 is 0 Å². The highest BCUT2D eigenvalue weighted by Crippen LogP contribution is 2.42. The standard InChI is InChI=1S/C30H36F5N3O5S/c1-38(44(40,41)12-9-30(33,34)35)27-5-3-4-11-43-28-18-26(25-17-23(42-2)6-7-24(25)28)36-10-8-22(37-29(27)39)15-19-13-20(31)16-21(32)14-19/h3-4,6-7,13-14,16-17,22,26-28,36H,5,8-12,15,18H2,1-2H3,(H,37,39)/b4-3+. The van der Waals surface area contributed by atoms with Crippen molar-refractivity contribution >= 4 is 15.9 Å². The van der Waals surface area contributed by atoms with Crippen LogP contribution in [0, 0.1) is 11.6 Å². The number of nitrogens with one attached hydrogen (secondary N) is 2. The van der Waals surface area contributed by atoms with Crippen molar-refractivity contribution in [3.05, 3.63) is 76.9 Å². The number of amides is 1. The first-order chi connectivity index (χ1) is 20.8. The maximum absolute atomic E-state index is 14.0. The van der Waals surface area contributed by atoms with E-state index in [1.807, 2.05) is 18.2 Å². The predicted octanol–water partition coefficient (Wildman–Crippen LogP) is 4.73. The van der Waals surface area contributed by atoms with E-state index in [0.717, 1.165) is 36.4 Å². The second-order valence-corrected chi connectivity index (χ2v) is 13.1. The van der Waals surface area contributed by atoms with Crippen LogP contribution in [0.15, 0.2) is 48.6 Å². The van der Waals surface area contributed by atoms with Crippen molar-refractivity contribution in [3.63, 3.8) is 0 Å². The summed E-state index contributed by atoms with van der Waals surface area (Å²) >= 11 is 0. The highest BCUT2D eigenvalue weighted by atomic mass is 32.2. The van der Waals surface area contributed by atoms with Crippen molar-refractivity contribution in [2.45, 2.75) is 62.5 Å². The molecule has 0 fully saturated rings. The van der Waals surface area contributed by atoms with Crippen LogP contribution in [0.25, 0.3) is 0 Å². The van der Waals surface area contributed by atoms with Gasteiger partial charge in [0.2, 0.25) is 15.9 Å². The molecule has 1 heterocycles. The van der Waals surface area contributed by atoms with Crippen LogP contribution in [0.1, 0.15) is 54.5 Å². The molecule has 0 radical (unpaired) electrons. The van der Waals surface area contributed by atoms with Gasteiger partial charge in [0, 0.05) is 25.2 Å². The molecule has 0 saturated carbocycles. The van der Waals surface area contributed by atoms with Crippen molar-refractivity contribution in [2.75, 3.05) is 33.1 Å². The van der Waals surface area contributed by atoms with Crippen molar-refractivity contribution < 1.29 is 44.6 Å². The van der Waals surface area contributed by atoms with E-state index in [1.165, 1.54) is 0 Å². The number of hydrogen-bond acceptors (Lipinski definition) is 6. The number of likely N-dealkylation sites (N-methyl/N-ethyl adjacent to an activating group) is 1. The minimum Gasteiger partial charge on any atom is -0.497 e. The average Bonchev–Trinajstić information content (AvgIpc) is 3.28. The van der Waals surface area contributed by atoms with Gasteiger partial charge < -0.3 is 20.1 Å². The molecule has 0 spiro atoms. The second-order valence-electron chi connectivity index (χ2n) is 11.0. The Hall–Kier alpha value is -3.07. The predicted molar refractivity (Wildman–Crippen MR) is 153 cm³/mol. The number of carbonyl (C=O) groups is 1. The normalized spacial score (nSPS) is 24.2. The van der Waals surface area contributed by atoms with Crippen molar-refractivity contribution in [1.82, 2.24) is 14.9 Å². The van der Waals surface area contributed by atoms with Gasteiger partial charge in [-0.2, -0.15) is 17.5 Å². The lowest BCUT2D eigenvalue weighted by Crippen LogP contribution is -2.51. The van der Waals surface area contributed by atoms with E-state index in [1.54, 1.807) is 19.3 Å². The van der Waals surface area contributed by atoms with Gasteiger partial charge in [-0.05, 0) is 73.2 Å².